The fourth-order valence-electron chi connectivity index (χ4n) is 2.78. The van der Waals surface area contributed by atoms with Gasteiger partial charge in [-0.1, -0.05) is 13.8 Å². The highest BCUT2D eigenvalue weighted by molar-refractivity contribution is 14.0. The number of aromatic nitrogens is 1. The van der Waals surface area contributed by atoms with Crippen LogP contribution in [0.25, 0.3) is 0 Å². The molecule has 2 N–H and O–H groups in total. The predicted molar refractivity (Wildman–Crippen MR) is 134 cm³/mol. The van der Waals surface area contributed by atoms with Gasteiger partial charge in [-0.25, -0.2) is 9.98 Å². The van der Waals surface area contributed by atoms with Gasteiger partial charge in [-0.05, 0) is 19.3 Å². The minimum atomic E-state index is 0. The molecule has 0 radical (unpaired) electrons. The van der Waals surface area contributed by atoms with Crippen LogP contribution in [0.4, 0.5) is 0 Å². The Balaban J connectivity index is 0.00000450. The first-order valence-corrected chi connectivity index (χ1v) is 10.7. The smallest absolute Gasteiger partial charge is 0.191 e. The van der Waals surface area contributed by atoms with Crippen LogP contribution in [0.2, 0.25) is 0 Å². The topological polar surface area (TPSA) is 77.0 Å². The van der Waals surface area contributed by atoms with Gasteiger partial charge in [0.1, 0.15) is 22.3 Å². The van der Waals surface area contributed by atoms with E-state index in [0.29, 0.717) is 24.8 Å². The van der Waals surface area contributed by atoms with Crippen LogP contribution in [0.5, 0.6) is 17.2 Å². The number of methoxy groups -OCH3 is 3. The van der Waals surface area contributed by atoms with E-state index in [1.807, 2.05) is 19.1 Å². The second-order valence-corrected chi connectivity index (χ2v) is 7.65. The molecule has 0 atom stereocenters. The molecule has 0 saturated heterocycles. The lowest BCUT2D eigenvalue weighted by molar-refractivity contribution is 0.368. The normalized spacial score (nSPS) is 11.1. The third kappa shape index (κ3) is 7.50. The summed E-state index contributed by atoms with van der Waals surface area (Å²) >= 11 is 1.65. The van der Waals surface area contributed by atoms with E-state index < -0.39 is 0 Å². The lowest BCUT2D eigenvalue weighted by Gasteiger charge is -2.16. The summed E-state index contributed by atoms with van der Waals surface area (Å²) in [7, 11) is 4.92. The van der Waals surface area contributed by atoms with Crippen molar-refractivity contribution in [2.75, 3.05) is 34.4 Å². The second kappa shape index (κ2) is 13.5. The summed E-state index contributed by atoms with van der Waals surface area (Å²) in [5.74, 6) is 3.39. The van der Waals surface area contributed by atoms with Crippen molar-refractivity contribution in [2.45, 2.75) is 39.7 Å². The highest BCUT2D eigenvalue weighted by Crippen LogP contribution is 2.34. The van der Waals surface area contributed by atoms with E-state index in [0.717, 1.165) is 46.7 Å². The number of hydrogen-bond donors (Lipinski definition) is 2. The molecule has 0 saturated carbocycles. The fraction of sp³-hybridized carbons (Fsp3) is 0.524. The molecule has 0 amide bonds. The summed E-state index contributed by atoms with van der Waals surface area (Å²) in [5, 5.41) is 9.78. The molecular formula is C21H33IN4O3S. The van der Waals surface area contributed by atoms with Gasteiger partial charge in [0.05, 0.1) is 33.6 Å². The number of nitrogens with one attached hydrogen (secondary N) is 2. The number of hydrogen-bond acceptors (Lipinski definition) is 6. The van der Waals surface area contributed by atoms with Crippen molar-refractivity contribution in [3.8, 4) is 17.2 Å². The molecule has 0 aliphatic heterocycles. The van der Waals surface area contributed by atoms with Crippen LogP contribution in [-0.4, -0.2) is 45.4 Å². The molecule has 0 fully saturated rings. The van der Waals surface area contributed by atoms with Gasteiger partial charge in [0, 0.05) is 36.2 Å². The third-order valence-corrected chi connectivity index (χ3v) is 5.21. The zero-order valence-corrected chi connectivity index (χ0v) is 21.7. The van der Waals surface area contributed by atoms with Gasteiger partial charge in [0.2, 0.25) is 0 Å². The third-order valence-electron chi connectivity index (χ3n) is 4.36. The van der Waals surface area contributed by atoms with E-state index >= 15 is 0 Å². The molecule has 0 spiro atoms. The molecule has 0 aliphatic carbocycles. The number of benzene rings is 1. The van der Waals surface area contributed by atoms with Gasteiger partial charge < -0.3 is 24.8 Å². The Bertz CT molecular complexity index is 786. The first-order valence-electron chi connectivity index (χ1n) is 9.77. The molecule has 7 nitrogen and oxygen atoms in total. The molecule has 0 unspecified atom stereocenters. The number of ether oxygens (including phenoxy) is 3. The van der Waals surface area contributed by atoms with Crippen LogP contribution in [0.15, 0.2) is 22.5 Å². The fourth-order valence-corrected chi connectivity index (χ4v) is 3.66. The molecule has 2 rings (SSSR count). The number of halogens is 1. The van der Waals surface area contributed by atoms with E-state index in [1.165, 1.54) is 0 Å². The molecule has 9 heteroatoms. The monoisotopic (exact) mass is 548 g/mol. The van der Waals surface area contributed by atoms with Crippen LogP contribution in [0, 0.1) is 0 Å². The molecular weight excluding hydrogens is 515 g/mol. The quantitative estimate of drug-likeness (QED) is 0.263. The Kier molecular flexibility index (Phi) is 11.9. The van der Waals surface area contributed by atoms with Crippen LogP contribution >= 0.6 is 35.3 Å². The zero-order chi connectivity index (χ0) is 21.2. The number of aliphatic imine (C=N–C) groups is 1. The van der Waals surface area contributed by atoms with Crippen molar-refractivity contribution in [3.63, 3.8) is 0 Å². The Morgan fingerprint density at radius 2 is 1.77 bits per heavy atom. The average Bonchev–Trinajstić information content (AvgIpc) is 3.21. The van der Waals surface area contributed by atoms with Gasteiger partial charge >= 0.3 is 0 Å². The van der Waals surface area contributed by atoms with E-state index in [9.17, 15) is 0 Å². The van der Waals surface area contributed by atoms with Crippen LogP contribution in [-0.2, 0) is 13.0 Å². The molecule has 168 valence electrons. The highest BCUT2D eigenvalue weighted by atomic mass is 127. The first-order chi connectivity index (χ1) is 14.0. The standard InChI is InChI=1S/C21H32N4O3S.HI/c1-7-22-21(24-12-20-25-17(13-29-20)14(2)3)23-9-8-16-18(27-5)10-15(26-4)11-19(16)28-6;/h10-11,13-14H,7-9,12H2,1-6H3,(H2,22,23,24);1H. The largest absolute Gasteiger partial charge is 0.496 e. The van der Waals surface area contributed by atoms with Gasteiger partial charge in [-0.15, -0.1) is 35.3 Å². The maximum absolute atomic E-state index is 5.52. The molecule has 1 aromatic carbocycles. The predicted octanol–water partition coefficient (Wildman–Crippen LogP) is 4.21. The lowest BCUT2D eigenvalue weighted by Crippen LogP contribution is -2.38. The van der Waals surface area contributed by atoms with Gasteiger partial charge in [-0.3, -0.25) is 0 Å². The lowest BCUT2D eigenvalue weighted by atomic mass is 10.1. The van der Waals surface area contributed by atoms with Crippen molar-refractivity contribution in [2.24, 2.45) is 4.99 Å². The maximum atomic E-state index is 5.52. The van der Waals surface area contributed by atoms with Gasteiger partial charge in [0.25, 0.3) is 0 Å². The van der Waals surface area contributed by atoms with Crippen molar-refractivity contribution >= 4 is 41.3 Å². The van der Waals surface area contributed by atoms with E-state index in [4.69, 9.17) is 14.2 Å². The SMILES string of the molecule is CCNC(=NCc1nc(C(C)C)cs1)NCCc1c(OC)cc(OC)cc1OC.I. The van der Waals surface area contributed by atoms with Crippen molar-refractivity contribution in [1.82, 2.24) is 15.6 Å². The van der Waals surface area contributed by atoms with Gasteiger partial charge in [0.15, 0.2) is 5.96 Å². The minimum Gasteiger partial charge on any atom is -0.496 e. The van der Waals surface area contributed by atoms with Crippen molar-refractivity contribution < 1.29 is 14.2 Å². The Morgan fingerprint density at radius 3 is 2.27 bits per heavy atom. The number of rotatable bonds is 10. The van der Waals surface area contributed by atoms with Crippen LogP contribution in [0.3, 0.4) is 0 Å². The van der Waals surface area contributed by atoms with Crippen molar-refractivity contribution in [1.29, 1.82) is 0 Å². The van der Waals surface area contributed by atoms with E-state index in [-0.39, 0.29) is 24.0 Å². The van der Waals surface area contributed by atoms with E-state index in [1.54, 1.807) is 32.7 Å². The molecule has 0 aliphatic rings. The Labute approximate surface area is 200 Å². The first kappa shape index (κ1) is 26.3. The Hall–Kier alpha value is -1.75. The number of guanidine groups is 1. The zero-order valence-electron chi connectivity index (χ0n) is 18.6. The summed E-state index contributed by atoms with van der Waals surface area (Å²) in [6.45, 7) is 8.37. The summed E-state index contributed by atoms with van der Waals surface area (Å²) in [6, 6.07) is 3.73. The molecule has 1 aromatic heterocycles. The van der Waals surface area contributed by atoms with E-state index in [2.05, 4.69) is 39.8 Å². The summed E-state index contributed by atoms with van der Waals surface area (Å²) in [4.78, 5) is 9.30. The number of thiazole rings is 1. The minimum absolute atomic E-state index is 0. The maximum Gasteiger partial charge on any atom is 0.191 e. The number of nitrogens with zero attached hydrogens (tertiary/aromatic N) is 2. The molecule has 1 heterocycles. The molecule has 0 bridgehead atoms. The van der Waals surface area contributed by atoms with Crippen molar-refractivity contribution in [3.05, 3.63) is 33.8 Å². The summed E-state index contributed by atoms with van der Waals surface area (Å²) in [6.07, 6.45) is 0.718. The van der Waals surface area contributed by atoms with Gasteiger partial charge in [-0.2, -0.15) is 0 Å². The second-order valence-electron chi connectivity index (χ2n) is 6.70. The van der Waals surface area contributed by atoms with Crippen LogP contribution in [0.1, 0.15) is 43.0 Å². The summed E-state index contributed by atoms with van der Waals surface area (Å²) in [5.41, 5.74) is 2.11. The van der Waals surface area contributed by atoms with Crippen LogP contribution < -0.4 is 24.8 Å². The molecule has 2 aromatic rings. The summed E-state index contributed by atoms with van der Waals surface area (Å²) < 4.78 is 16.4. The average molecular weight is 548 g/mol. The Morgan fingerprint density at radius 1 is 1.10 bits per heavy atom. The highest BCUT2D eigenvalue weighted by Gasteiger charge is 2.13. The molecule has 30 heavy (non-hydrogen) atoms.